The van der Waals surface area contributed by atoms with E-state index >= 15 is 0 Å². The smallest absolute Gasteiger partial charge is 0.348 e. The molecular weight excluding hydrogens is 384 g/mol. The second-order valence-corrected chi connectivity index (χ2v) is 8.22. The Labute approximate surface area is 176 Å². The number of carbonyl (C=O) groups is 2. The summed E-state index contributed by atoms with van der Waals surface area (Å²) in [7, 11) is 1.53. The number of carbonyl (C=O) groups excluding carboxylic acids is 2. The van der Waals surface area contributed by atoms with Gasteiger partial charge in [0, 0.05) is 12.3 Å². The molecule has 2 aromatic rings. The van der Waals surface area contributed by atoms with Crippen LogP contribution in [0.4, 0.5) is 0 Å². The normalized spacial score (nSPS) is 19.0. The number of hydrogen-bond donors (Lipinski definition) is 0. The van der Waals surface area contributed by atoms with Crippen molar-refractivity contribution < 1.29 is 28.5 Å². The zero-order valence-electron chi connectivity index (χ0n) is 17.9. The van der Waals surface area contributed by atoms with Crippen LogP contribution in [0.1, 0.15) is 38.8 Å². The van der Waals surface area contributed by atoms with Crippen molar-refractivity contribution >= 4 is 18.0 Å². The van der Waals surface area contributed by atoms with Gasteiger partial charge in [-0.15, -0.1) is 0 Å². The van der Waals surface area contributed by atoms with E-state index in [-0.39, 0.29) is 5.57 Å². The SMILES string of the molecule is COc1cc(C=C2C(=O)OC(C)(C(C)(C)C)OC2=O)ccc1OCc1ccccc1. The molecule has 158 valence electrons. The average molecular weight is 410 g/mol. The van der Waals surface area contributed by atoms with Crippen LogP contribution in [0, 0.1) is 5.41 Å². The van der Waals surface area contributed by atoms with Crippen LogP contribution < -0.4 is 9.47 Å². The van der Waals surface area contributed by atoms with Crippen LogP contribution in [0.3, 0.4) is 0 Å². The summed E-state index contributed by atoms with van der Waals surface area (Å²) in [6.45, 7) is 7.48. The van der Waals surface area contributed by atoms with Crippen molar-refractivity contribution in [1.29, 1.82) is 0 Å². The van der Waals surface area contributed by atoms with E-state index in [9.17, 15) is 9.59 Å². The summed E-state index contributed by atoms with van der Waals surface area (Å²) in [5.41, 5.74) is 0.879. The molecule has 0 bridgehead atoms. The highest BCUT2D eigenvalue weighted by Gasteiger charge is 2.50. The van der Waals surface area contributed by atoms with Gasteiger partial charge >= 0.3 is 11.9 Å². The van der Waals surface area contributed by atoms with Gasteiger partial charge in [0.15, 0.2) is 11.5 Å². The number of methoxy groups -OCH3 is 1. The van der Waals surface area contributed by atoms with E-state index in [2.05, 4.69) is 0 Å². The van der Waals surface area contributed by atoms with Crippen LogP contribution in [-0.2, 0) is 25.7 Å². The number of cyclic esters (lactones) is 2. The molecule has 0 aromatic heterocycles. The summed E-state index contributed by atoms with van der Waals surface area (Å²) in [6.07, 6.45) is 1.43. The third kappa shape index (κ3) is 4.48. The van der Waals surface area contributed by atoms with Gasteiger partial charge in [0.05, 0.1) is 7.11 Å². The van der Waals surface area contributed by atoms with E-state index in [1.807, 2.05) is 51.1 Å². The number of ether oxygens (including phenoxy) is 4. The summed E-state index contributed by atoms with van der Waals surface area (Å²) < 4.78 is 22.2. The van der Waals surface area contributed by atoms with Crippen LogP contribution in [0.2, 0.25) is 0 Å². The molecule has 0 amide bonds. The zero-order valence-corrected chi connectivity index (χ0v) is 17.9. The largest absolute Gasteiger partial charge is 0.493 e. The maximum Gasteiger partial charge on any atom is 0.348 e. The molecule has 6 nitrogen and oxygen atoms in total. The van der Waals surface area contributed by atoms with Gasteiger partial charge in [0.1, 0.15) is 12.2 Å². The molecule has 30 heavy (non-hydrogen) atoms. The quantitative estimate of drug-likeness (QED) is 0.410. The van der Waals surface area contributed by atoms with E-state index in [4.69, 9.17) is 18.9 Å². The first-order valence-electron chi connectivity index (χ1n) is 9.66. The van der Waals surface area contributed by atoms with Gasteiger partial charge in [-0.1, -0.05) is 57.2 Å². The van der Waals surface area contributed by atoms with Gasteiger partial charge in [-0.3, -0.25) is 0 Å². The van der Waals surface area contributed by atoms with E-state index in [0.717, 1.165) is 5.56 Å². The van der Waals surface area contributed by atoms with Gasteiger partial charge in [0.25, 0.3) is 5.79 Å². The van der Waals surface area contributed by atoms with Crippen LogP contribution in [0.15, 0.2) is 54.1 Å². The fourth-order valence-electron chi connectivity index (χ4n) is 2.79. The minimum atomic E-state index is -1.33. The first kappa shape index (κ1) is 21.4. The van der Waals surface area contributed by atoms with Gasteiger partial charge in [-0.05, 0) is 29.3 Å². The van der Waals surface area contributed by atoms with E-state index < -0.39 is 23.1 Å². The predicted octanol–water partition coefficient (Wildman–Crippen LogP) is 4.52. The van der Waals surface area contributed by atoms with Crippen molar-refractivity contribution in [1.82, 2.24) is 0 Å². The monoisotopic (exact) mass is 410 g/mol. The predicted molar refractivity (Wildman–Crippen MR) is 112 cm³/mol. The molecule has 1 fully saturated rings. The lowest BCUT2D eigenvalue weighted by Gasteiger charge is -2.42. The molecule has 0 aliphatic carbocycles. The Kier molecular flexibility index (Phi) is 5.87. The minimum absolute atomic E-state index is 0.170. The molecule has 0 atom stereocenters. The number of rotatable bonds is 5. The molecule has 0 N–H and O–H groups in total. The lowest BCUT2D eigenvalue weighted by atomic mass is 9.85. The van der Waals surface area contributed by atoms with Gasteiger partial charge in [-0.2, -0.15) is 0 Å². The van der Waals surface area contributed by atoms with Crippen molar-refractivity contribution in [3.8, 4) is 11.5 Å². The Balaban J connectivity index is 1.80. The van der Waals surface area contributed by atoms with Crippen LogP contribution in [0.5, 0.6) is 11.5 Å². The Hall–Kier alpha value is -3.28. The van der Waals surface area contributed by atoms with E-state index in [1.165, 1.54) is 13.2 Å². The summed E-state index contributed by atoms with van der Waals surface area (Å²) in [4.78, 5) is 25.0. The molecule has 6 heteroatoms. The second kappa shape index (κ2) is 8.22. The third-order valence-corrected chi connectivity index (χ3v) is 5.11. The topological polar surface area (TPSA) is 71.1 Å². The molecule has 0 unspecified atom stereocenters. The zero-order chi connectivity index (χ0) is 21.9. The molecule has 2 aromatic carbocycles. The number of benzene rings is 2. The van der Waals surface area contributed by atoms with Gasteiger partial charge in [0.2, 0.25) is 0 Å². The maximum atomic E-state index is 12.5. The highest BCUT2D eigenvalue weighted by Crippen LogP contribution is 2.39. The number of hydrogen-bond acceptors (Lipinski definition) is 6. The molecule has 0 radical (unpaired) electrons. The van der Waals surface area contributed by atoms with Crippen LogP contribution in [0.25, 0.3) is 6.08 Å². The minimum Gasteiger partial charge on any atom is -0.493 e. The Morgan fingerprint density at radius 3 is 2.17 bits per heavy atom. The average Bonchev–Trinajstić information content (AvgIpc) is 2.69. The molecule has 0 saturated carbocycles. The summed E-state index contributed by atoms with van der Waals surface area (Å²) in [6, 6.07) is 14.9. The molecule has 1 saturated heterocycles. The summed E-state index contributed by atoms with van der Waals surface area (Å²) >= 11 is 0. The Bertz CT molecular complexity index is 949. The van der Waals surface area contributed by atoms with Crippen molar-refractivity contribution in [2.24, 2.45) is 5.41 Å². The van der Waals surface area contributed by atoms with E-state index in [1.54, 1.807) is 25.1 Å². The van der Waals surface area contributed by atoms with E-state index in [0.29, 0.717) is 23.7 Å². The van der Waals surface area contributed by atoms with Gasteiger partial charge < -0.3 is 18.9 Å². The van der Waals surface area contributed by atoms with Crippen LogP contribution in [-0.4, -0.2) is 24.8 Å². The molecular formula is C24H26O6. The molecule has 0 spiro atoms. The van der Waals surface area contributed by atoms with Crippen LogP contribution >= 0.6 is 0 Å². The van der Waals surface area contributed by atoms with Gasteiger partial charge in [-0.25, -0.2) is 9.59 Å². The molecule has 3 rings (SSSR count). The second-order valence-electron chi connectivity index (χ2n) is 8.22. The Morgan fingerprint density at radius 2 is 1.60 bits per heavy atom. The summed E-state index contributed by atoms with van der Waals surface area (Å²) in [5, 5.41) is 0. The highest BCUT2D eigenvalue weighted by molar-refractivity contribution is 6.19. The molecule has 1 aliphatic rings. The third-order valence-electron chi connectivity index (χ3n) is 5.11. The lowest BCUT2D eigenvalue weighted by Crippen LogP contribution is -2.52. The molecule has 1 heterocycles. The van der Waals surface area contributed by atoms with Crippen molar-refractivity contribution in [2.75, 3.05) is 7.11 Å². The molecule has 1 aliphatic heterocycles. The van der Waals surface area contributed by atoms with Crippen molar-refractivity contribution in [3.05, 3.63) is 65.2 Å². The highest BCUT2D eigenvalue weighted by atomic mass is 16.7. The lowest BCUT2D eigenvalue weighted by molar-refractivity contribution is -0.261. The van der Waals surface area contributed by atoms with Crippen molar-refractivity contribution in [2.45, 2.75) is 40.1 Å². The fraction of sp³-hybridized carbons (Fsp3) is 0.333. The fourth-order valence-corrected chi connectivity index (χ4v) is 2.79. The first-order chi connectivity index (χ1) is 14.1. The first-order valence-corrected chi connectivity index (χ1v) is 9.66. The summed E-state index contributed by atoms with van der Waals surface area (Å²) in [5.74, 6) is -1.72. The Morgan fingerprint density at radius 1 is 0.967 bits per heavy atom. The maximum absolute atomic E-state index is 12.5. The standard InChI is InChI=1S/C24H26O6/c1-23(2,3)24(4)29-21(25)18(22(26)30-24)13-17-11-12-19(20(14-17)27-5)28-15-16-9-7-6-8-10-16/h6-14H,15H2,1-5H3. The van der Waals surface area contributed by atoms with Crippen molar-refractivity contribution in [3.63, 3.8) is 0 Å². The number of esters is 2.